The van der Waals surface area contributed by atoms with Gasteiger partial charge >= 0.3 is 5.97 Å². The van der Waals surface area contributed by atoms with Gasteiger partial charge in [-0.25, -0.2) is 4.79 Å². The Morgan fingerprint density at radius 2 is 1.80 bits per heavy atom. The van der Waals surface area contributed by atoms with Crippen molar-refractivity contribution in [3.05, 3.63) is 64.6 Å². The van der Waals surface area contributed by atoms with Gasteiger partial charge in [0.15, 0.2) is 0 Å². The molecule has 0 aliphatic carbocycles. The van der Waals surface area contributed by atoms with E-state index in [1.165, 1.54) is 7.11 Å². The lowest BCUT2D eigenvalue weighted by Crippen LogP contribution is -2.32. The van der Waals surface area contributed by atoms with Gasteiger partial charge in [-0.3, -0.25) is 0 Å². The second-order valence-corrected chi connectivity index (χ2v) is 5.24. The van der Waals surface area contributed by atoms with Gasteiger partial charge < -0.3 is 10.1 Å². The van der Waals surface area contributed by atoms with E-state index in [9.17, 15) is 4.79 Å². The molecule has 1 N–H and O–H groups in total. The summed E-state index contributed by atoms with van der Waals surface area (Å²) in [6.45, 7) is 0. The zero-order valence-corrected chi connectivity index (χ0v) is 12.8. The first-order valence-electron chi connectivity index (χ1n) is 6.33. The molecule has 104 valence electrons. The molecule has 4 heteroatoms. The minimum Gasteiger partial charge on any atom is -0.467 e. The number of hydrogen-bond donors (Lipinski definition) is 1. The number of nitrogens with one attached hydrogen (secondary N) is 1. The zero-order chi connectivity index (χ0) is 14.4. The number of carbonyl (C=O) groups is 1. The van der Waals surface area contributed by atoms with Crippen LogP contribution in [0.3, 0.4) is 0 Å². The number of anilines is 1. The largest absolute Gasteiger partial charge is 0.467 e. The molecule has 0 bridgehead atoms. The van der Waals surface area contributed by atoms with Gasteiger partial charge in [-0.1, -0.05) is 52.3 Å². The maximum Gasteiger partial charge on any atom is 0.328 e. The fourth-order valence-electron chi connectivity index (χ4n) is 1.95. The molecule has 1 unspecified atom stereocenters. The van der Waals surface area contributed by atoms with Crippen LogP contribution < -0.4 is 5.32 Å². The summed E-state index contributed by atoms with van der Waals surface area (Å²) in [7, 11) is 1.40. The highest BCUT2D eigenvalue weighted by atomic mass is 79.9. The molecule has 0 aliphatic heterocycles. The fourth-order valence-corrected chi connectivity index (χ4v) is 2.40. The molecule has 2 rings (SSSR count). The van der Waals surface area contributed by atoms with Gasteiger partial charge in [-0.15, -0.1) is 0 Å². The molecule has 0 saturated carbocycles. The van der Waals surface area contributed by atoms with E-state index < -0.39 is 6.04 Å². The maximum atomic E-state index is 11.9. The lowest BCUT2D eigenvalue weighted by atomic mass is 10.1. The predicted molar refractivity (Wildman–Crippen MR) is 83.7 cm³/mol. The van der Waals surface area contributed by atoms with Gasteiger partial charge in [0, 0.05) is 16.6 Å². The molecule has 3 nitrogen and oxygen atoms in total. The van der Waals surface area contributed by atoms with Crippen LogP contribution in [0, 0.1) is 0 Å². The number of esters is 1. The van der Waals surface area contributed by atoms with Crippen LogP contribution in [0.15, 0.2) is 59.1 Å². The Balaban J connectivity index is 2.16. The van der Waals surface area contributed by atoms with Gasteiger partial charge in [0.2, 0.25) is 0 Å². The van der Waals surface area contributed by atoms with Crippen LogP contribution in [0.25, 0.3) is 0 Å². The summed E-state index contributed by atoms with van der Waals surface area (Å²) < 4.78 is 5.87. The predicted octanol–water partition coefficient (Wildman–Crippen LogP) is 3.65. The molecule has 20 heavy (non-hydrogen) atoms. The Labute approximate surface area is 127 Å². The standard InChI is InChI=1S/C16H16BrNO2/c1-20-16(19)15(18-13-8-3-2-4-9-13)11-12-7-5-6-10-14(12)17/h2-10,15,18H,11H2,1H3. The van der Waals surface area contributed by atoms with Crippen molar-refractivity contribution in [2.75, 3.05) is 12.4 Å². The first kappa shape index (κ1) is 14.6. The van der Waals surface area contributed by atoms with E-state index in [0.717, 1.165) is 15.7 Å². The number of halogens is 1. The molecule has 0 radical (unpaired) electrons. The molecule has 0 aromatic heterocycles. The summed E-state index contributed by atoms with van der Waals surface area (Å²) in [5.41, 5.74) is 1.96. The molecular weight excluding hydrogens is 318 g/mol. The molecule has 2 aromatic rings. The third-order valence-corrected chi connectivity index (χ3v) is 3.76. The van der Waals surface area contributed by atoms with Crippen LogP contribution >= 0.6 is 15.9 Å². The zero-order valence-electron chi connectivity index (χ0n) is 11.2. The van der Waals surface area contributed by atoms with Crippen molar-refractivity contribution in [1.29, 1.82) is 0 Å². The minimum absolute atomic E-state index is 0.274. The molecule has 0 fully saturated rings. The Kier molecular flexibility index (Phi) is 5.18. The third-order valence-electron chi connectivity index (χ3n) is 2.98. The van der Waals surface area contributed by atoms with E-state index in [0.29, 0.717) is 6.42 Å². The van der Waals surface area contributed by atoms with E-state index in [1.54, 1.807) is 0 Å². The number of carbonyl (C=O) groups excluding carboxylic acids is 1. The average molecular weight is 334 g/mol. The van der Waals surface area contributed by atoms with E-state index in [1.807, 2.05) is 54.6 Å². The first-order valence-corrected chi connectivity index (χ1v) is 7.13. The number of hydrogen-bond acceptors (Lipinski definition) is 3. The summed E-state index contributed by atoms with van der Waals surface area (Å²) >= 11 is 3.50. The number of methoxy groups -OCH3 is 1. The summed E-state index contributed by atoms with van der Waals surface area (Å²) in [6, 6.07) is 17.1. The summed E-state index contributed by atoms with van der Waals surface area (Å²) in [6.07, 6.45) is 0.559. The van der Waals surface area contributed by atoms with E-state index in [4.69, 9.17) is 4.74 Å². The van der Waals surface area contributed by atoms with E-state index in [2.05, 4.69) is 21.2 Å². The van der Waals surface area contributed by atoms with Crippen LogP contribution in [0.5, 0.6) is 0 Å². The highest BCUT2D eigenvalue weighted by Crippen LogP contribution is 2.19. The van der Waals surface area contributed by atoms with Crippen molar-refractivity contribution in [3.8, 4) is 0 Å². The second kappa shape index (κ2) is 7.10. The molecule has 0 saturated heterocycles. The SMILES string of the molecule is COC(=O)C(Cc1ccccc1Br)Nc1ccccc1. The highest BCUT2D eigenvalue weighted by molar-refractivity contribution is 9.10. The second-order valence-electron chi connectivity index (χ2n) is 4.38. The van der Waals surface area contributed by atoms with Crippen LogP contribution in [0.1, 0.15) is 5.56 Å². The topological polar surface area (TPSA) is 38.3 Å². The van der Waals surface area contributed by atoms with Gasteiger partial charge in [0.25, 0.3) is 0 Å². The monoisotopic (exact) mass is 333 g/mol. The number of ether oxygens (including phenoxy) is 1. The number of benzene rings is 2. The van der Waals surface area contributed by atoms with Gasteiger partial charge in [-0.2, -0.15) is 0 Å². The first-order chi connectivity index (χ1) is 9.70. The lowest BCUT2D eigenvalue weighted by Gasteiger charge is -2.18. The molecule has 0 aliphatic rings. The van der Waals surface area contributed by atoms with Crippen molar-refractivity contribution < 1.29 is 9.53 Å². The molecule has 0 amide bonds. The van der Waals surface area contributed by atoms with Gasteiger partial charge in [-0.05, 0) is 23.8 Å². The Hall–Kier alpha value is -1.81. The average Bonchev–Trinajstić information content (AvgIpc) is 2.49. The smallest absolute Gasteiger partial charge is 0.328 e. The van der Waals surface area contributed by atoms with Crippen molar-refractivity contribution in [2.45, 2.75) is 12.5 Å². The summed E-state index contributed by atoms with van der Waals surface area (Å²) in [5.74, 6) is -0.274. The third kappa shape index (κ3) is 3.84. The Bertz CT molecular complexity index is 572. The molecule has 0 heterocycles. The lowest BCUT2D eigenvalue weighted by molar-refractivity contribution is -0.141. The van der Waals surface area contributed by atoms with E-state index in [-0.39, 0.29) is 5.97 Å². The minimum atomic E-state index is -0.416. The van der Waals surface area contributed by atoms with E-state index >= 15 is 0 Å². The number of para-hydroxylation sites is 1. The maximum absolute atomic E-state index is 11.9. The van der Waals surface area contributed by atoms with Crippen molar-refractivity contribution in [1.82, 2.24) is 0 Å². The van der Waals surface area contributed by atoms with Crippen LogP contribution in [0.4, 0.5) is 5.69 Å². The van der Waals surface area contributed by atoms with Crippen molar-refractivity contribution in [2.24, 2.45) is 0 Å². The van der Waals surface area contributed by atoms with Crippen LogP contribution in [-0.2, 0) is 16.0 Å². The number of rotatable bonds is 5. The van der Waals surface area contributed by atoms with Gasteiger partial charge in [0.1, 0.15) is 6.04 Å². The fraction of sp³-hybridized carbons (Fsp3) is 0.188. The Morgan fingerprint density at radius 3 is 2.45 bits per heavy atom. The summed E-state index contributed by atoms with van der Waals surface area (Å²) in [5, 5.41) is 3.21. The van der Waals surface area contributed by atoms with Crippen molar-refractivity contribution in [3.63, 3.8) is 0 Å². The Morgan fingerprint density at radius 1 is 1.15 bits per heavy atom. The van der Waals surface area contributed by atoms with Crippen LogP contribution in [0.2, 0.25) is 0 Å². The molecular formula is C16H16BrNO2. The molecule has 2 aromatic carbocycles. The van der Waals surface area contributed by atoms with Crippen molar-refractivity contribution >= 4 is 27.6 Å². The molecule has 1 atom stereocenters. The van der Waals surface area contributed by atoms with Gasteiger partial charge in [0.05, 0.1) is 7.11 Å². The van der Waals surface area contributed by atoms with Crippen LogP contribution in [-0.4, -0.2) is 19.1 Å². The quantitative estimate of drug-likeness (QED) is 0.849. The normalized spacial score (nSPS) is 11.7. The molecule has 0 spiro atoms. The summed E-state index contributed by atoms with van der Waals surface area (Å²) in [4.78, 5) is 11.9. The highest BCUT2D eigenvalue weighted by Gasteiger charge is 2.20.